The molecule has 0 N–H and O–H groups in total. The van der Waals surface area contributed by atoms with Gasteiger partial charge in [-0.3, -0.25) is 4.90 Å². The number of rotatable bonds is 6. The normalized spacial score (nSPS) is 15.3. The second kappa shape index (κ2) is 9.83. The van der Waals surface area contributed by atoms with Crippen LogP contribution in [0.1, 0.15) is 17.5 Å². The smallest absolute Gasteiger partial charge is 0.247 e. The minimum Gasteiger partial charge on any atom is -0.495 e. The van der Waals surface area contributed by atoms with Gasteiger partial charge in [0.2, 0.25) is 11.8 Å². The molecule has 1 atom stereocenters. The molecule has 1 unspecified atom stereocenters. The van der Waals surface area contributed by atoms with Gasteiger partial charge in [-0.15, -0.1) is 10.2 Å². The second-order valence-electron chi connectivity index (χ2n) is 8.10. The molecule has 1 aliphatic rings. The van der Waals surface area contributed by atoms with Gasteiger partial charge in [-0.1, -0.05) is 41.9 Å². The van der Waals surface area contributed by atoms with Crippen LogP contribution in [0.5, 0.6) is 5.75 Å². The Kier molecular flexibility index (Phi) is 6.47. The van der Waals surface area contributed by atoms with Crippen LogP contribution >= 0.6 is 11.6 Å². The highest BCUT2D eigenvalue weighted by molar-refractivity contribution is 6.30. The average Bonchev–Trinajstić information content (AvgIpc) is 3.36. The first-order valence-electron chi connectivity index (χ1n) is 11.1. The fourth-order valence-electron chi connectivity index (χ4n) is 4.35. The number of piperazine rings is 1. The Morgan fingerprint density at radius 3 is 2.44 bits per heavy atom. The zero-order chi connectivity index (χ0) is 23.5. The van der Waals surface area contributed by atoms with E-state index in [1.807, 2.05) is 42.5 Å². The molecule has 1 aromatic heterocycles. The Bertz CT molecular complexity index is 1260. The summed E-state index contributed by atoms with van der Waals surface area (Å²) in [4.78, 5) is 4.64. The van der Waals surface area contributed by atoms with Crippen molar-refractivity contribution in [3.05, 3.63) is 95.1 Å². The van der Waals surface area contributed by atoms with E-state index in [4.69, 9.17) is 20.8 Å². The maximum absolute atomic E-state index is 13.7. The Balaban J connectivity index is 1.42. The van der Waals surface area contributed by atoms with Gasteiger partial charge in [0.05, 0.1) is 12.8 Å². The Morgan fingerprint density at radius 1 is 0.941 bits per heavy atom. The monoisotopic (exact) mass is 478 g/mol. The number of para-hydroxylation sites is 2. The Morgan fingerprint density at radius 2 is 1.71 bits per heavy atom. The molecule has 0 bridgehead atoms. The molecule has 0 aliphatic carbocycles. The van der Waals surface area contributed by atoms with Crippen molar-refractivity contribution in [1.82, 2.24) is 15.1 Å². The van der Waals surface area contributed by atoms with Gasteiger partial charge in [-0.05, 0) is 48.0 Å². The summed E-state index contributed by atoms with van der Waals surface area (Å²) in [6.45, 7) is 3.19. The molecule has 2 heterocycles. The van der Waals surface area contributed by atoms with Crippen LogP contribution in [-0.2, 0) is 0 Å². The zero-order valence-electron chi connectivity index (χ0n) is 18.7. The van der Waals surface area contributed by atoms with Crippen molar-refractivity contribution in [2.45, 2.75) is 6.04 Å². The van der Waals surface area contributed by atoms with Gasteiger partial charge in [0, 0.05) is 36.8 Å². The number of halogens is 2. The van der Waals surface area contributed by atoms with Gasteiger partial charge in [-0.25, -0.2) is 4.39 Å². The number of methoxy groups -OCH3 is 1. The molecule has 0 radical (unpaired) electrons. The number of aromatic nitrogens is 2. The average molecular weight is 479 g/mol. The van der Waals surface area contributed by atoms with E-state index in [1.54, 1.807) is 19.2 Å². The van der Waals surface area contributed by atoms with Crippen molar-refractivity contribution in [2.75, 3.05) is 38.2 Å². The van der Waals surface area contributed by atoms with Crippen LogP contribution in [0.25, 0.3) is 11.5 Å². The lowest BCUT2D eigenvalue weighted by Gasteiger charge is -2.39. The molecule has 34 heavy (non-hydrogen) atoms. The van der Waals surface area contributed by atoms with Crippen molar-refractivity contribution < 1.29 is 13.5 Å². The van der Waals surface area contributed by atoms with Gasteiger partial charge in [0.1, 0.15) is 17.6 Å². The van der Waals surface area contributed by atoms with Gasteiger partial charge < -0.3 is 14.1 Å². The van der Waals surface area contributed by atoms with Crippen LogP contribution in [-0.4, -0.2) is 48.4 Å². The Labute approximate surface area is 202 Å². The first-order chi connectivity index (χ1) is 16.6. The third-order valence-electron chi connectivity index (χ3n) is 6.04. The summed E-state index contributed by atoms with van der Waals surface area (Å²) in [5.74, 6) is 1.27. The van der Waals surface area contributed by atoms with Crippen LogP contribution in [0, 0.1) is 5.82 Å². The van der Waals surface area contributed by atoms with Gasteiger partial charge >= 0.3 is 0 Å². The number of anilines is 1. The predicted octanol–water partition coefficient (Wildman–Crippen LogP) is 5.45. The van der Waals surface area contributed by atoms with Crippen LogP contribution in [0.3, 0.4) is 0 Å². The summed E-state index contributed by atoms with van der Waals surface area (Å²) >= 11 is 6.14. The van der Waals surface area contributed by atoms with E-state index in [1.165, 1.54) is 12.1 Å². The summed E-state index contributed by atoms with van der Waals surface area (Å²) in [6, 6.07) is 21.6. The molecule has 8 heteroatoms. The van der Waals surface area contributed by atoms with Crippen LogP contribution in [0.2, 0.25) is 5.02 Å². The van der Waals surface area contributed by atoms with Crippen LogP contribution < -0.4 is 9.64 Å². The highest BCUT2D eigenvalue weighted by Gasteiger charge is 2.31. The highest BCUT2D eigenvalue weighted by Crippen LogP contribution is 2.34. The van der Waals surface area contributed by atoms with E-state index < -0.39 is 0 Å². The van der Waals surface area contributed by atoms with Crippen molar-refractivity contribution in [3.8, 4) is 17.2 Å². The van der Waals surface area contributed by atoms with Gasteiger partial charge in [0.25, 0.3) is 0 Å². The quantitative estimate of drug-likeness (QED) is 0.367. The summed E-state index contributed by atoms with van der Waals surface area (Å²) in [6.07, 6.45) is 0. The molecule has 0 saturated carbocycles. The van der Waals surface area contributed by atoms with Crippen molar-refractivity contribution in [2.24, 2.45) is 0 Å². The first-order valence-corrected chi connectivity index (χ1v) is 11.5. The molecule has 0 amide bonds. The van der Waals surface area contributed by atoms with Crippen LogP contribution in [0.15, 0.2) is 77.2 Å². The molecule has 174 valence electrons. The van der Waals surface area contributed by atoms with E-state index in [9.17, 15) is 4.39 Å². The minimum atomic E-state index is -0.348. The third kappa shape index (κ3) is 4.62. The molecule has 6 nitrogen and oxygen atoms in total. The minimum absolute atomic E-state index is 0.244. The Hall–Kier alpha value is -3.42. The van der Waals surface area contributed by atoms with Crippen LogP contribution in [0.4, 0.5) is 10.1 Å². The summed E-state index contributed by atoms with van der Waals surface area (Å²) in [5.41, 5.74) is 2.64. The summed E-state index contributed by atoms with van der Waals surface area (Å²) in [5, 5.41) is 9.22. The molecular weight excluding hydrogens is 455 g/mol. The number of ether oxygens (including phenoxy) is 1. The molecule has 4 aromatic rings. The van der Waals surface area contributed by atoms with E-state index in [-0.39, 0.29) is 11.9 Å². The molecule has 1 fully saturated rings. The standard InChI is InChI=1S/C26H24ClFN4O2/c1-33-23-8-3-2-7-22(23)31-13-15-32(16-14-31)24(18-9-11-20(27)12-10-18)26-30-29-25(34-26)19-5-4-6-21(28)17-19/h2-12,17,24H,13-16H2,1H3. The molecule has 1 aliphatic heterocycles. The van der Waals surface area contributed by atoms with Gasteiger partial charge in [-0.2, -0.15) is 0 Å². The zero-order valence-corrected chi connectivity index (χ0v) is 19.5. The van der Waals surface area contributed by atoms with Gasteiger partial charge in [0.15, 0.2) is 0 Å². The second-order valence-corrected chi connectivity index (χ2v) is 8.54. The topological polar surface area (TPSA) is 54.6 Å². The van der Waals surface area contributed by atoms with E-state index in [2.05, 4.69) is 26.1 Å². The number of nitrogens with zero attached hydrogens (tertiary/aromatic N) is 4. The largest absolute Gasteiger partial charge is 0.495 e. The van der Waals surface area contributed by atoms with Crippen molar-refractivity contribution >= 4 is 17.3 Å². The lowest BCUT2D eigenvalue weighted by molar-refractivity contribution is 0.187. The van der Waals surface area contributed by atoms with E-state index in [0.29, 0.717) is 22.4 Å². The molecule has 0 spiro atoms. The molecule has 5 rings (SSSR count). The SMILES string of the molecule is COc1ccccc1N1CCN(C(c2ccc(Cl)cc2)c2nnc(-c3cccc(F)c3)o2)CC1. The molecule has 3 aromatic carbocycles. The summed E-state index contributed by atoms with van der Waals surface area (Å²) < 4.78 is 25.3. The lowest BCUT2D eigenvalue weighted by Crippen LogP contribution is -2.48. The maximum Gasteiger partial charge on any atom is 0.247 e. The maximum atomic E-state index is 13.7. The highest BCUT2D eigenvalue weighted by atomic mass is 35.5. The third-order valence-corrected chi connectivity index (χ3v) is 6.29. The fourth-order valence-corrected chi connectivity index (χ4v) is 4.48. The fraction of sp³-hybridized carbons (Fsp3) is 0.231. The number of benzene rings is 3. The van der Waals surface area contributed by atoms with E-state index >= 15 is 0 Å². The number of hydrogen-bond donors (Lipinski definition) is 0. The molecule has 1 saturated heterocycles. The molecular formula is C26H24ClFN4O2. The van der Waals surface area contributed by atoms with Crippen molar-refractivity contribution in [1.29, 1.82) is 0 Å². The van der Waals surface area contributed by atoms with E-state index in [0.717, 1.165) is 43.2 Å². The number of hydrogen-bond acceptors (Lipinski definition) is 6. The lowest BCUT2D eigenvalue weighted by atomic mass is 10.0. The summed E-state index contributed by atoms with van der Waals surface area (Å²) in [7, 11) is 1.69. The first kappa shape index (κ1) is 22.4. The van der Waals surface area contributed by atoms with Crippen molar-refractivity contribution in [3.63, 3.8) is 0 Å². The predicted molar refractivity (Wildman–Crippen MR) is 130 cm³/mol.